The lowest BCUT2D eigenvalue weighted by Crippen LogP contribution is -2.50. The van der Waals surface area contributed by atoms with Crippen molar-refractivity contribution in [3.8, 4) is 11.5 Å². The van der Waals surface area contributed by atoms with Crippen LogP contribution in [0.3, 0.4) is 0 Å². The highest BCUT2D eigenvalue weighted by molar-refractivity contribution is 5.95. The molecule has 4 aliphatic carbocycles. The lowest BCUT2D eigenvalue weighted by Gasteiger charge is -2.57. The minimum Gasteiger partial charge on any atom is -0.497 e. The van der Waals surface area contributed by atoms with Gasteiger partial charge in [-0.2, -0.15) is 0 Å². The highest BCUT2D eigenvalue weighted by Gasteiger charge is 2.51. The van der Waals surface area contributed by atoms with Gasteiger partial charge in [0, 0.05) is 37.2 Å². The minimum absolute atomic E-state index is 0.0864. The first kappa shape index (κ1) is 21.6. The standard InChI is InChI=1S/C26H36N2O4/c1-31-22-10-20(11-23(12-22)32-2)25(30)27-21-3-5-28(6-4-21)24(29)16-26-13-17-7-18(14-26)9-19(8-17)15-26/h10-12,17-19,21H,3-9,13-16H2,1-2H3,(H,27,30). The third kappa shape index (κ3) is 4.33. The van der Waals surface area contributed by atoms with Gasteiger partial charge in [-0.15, -0.1) is 0 Å². The van der Waals surface area contributed by atoms with E-state index in [0.29, 0.717) is 28.4 Å². The maximum Gasteiger partial charge on any atom is 0.251 e. The number of amides is 2. The van der Waals surface area contributed by atoms with Crippen LogP contribution in [0, 0.1) is 23.2 Å². The number of hydrogen-bond donors (Lipinski definition) is 1. The Kier molecular flexibility index (Phi) is 5.81. The molecule has 6 heteroatoms. The summed E-state index contributed by atoms with van der Waals surface area (Å²) < 4.78 is 10.5. The van der Waals surface area contributed by atoms with Crippen LogP contribution in [0.25, 0.3) is 0 Å². The van der Waals surface area contributed by atoms with Crippen LogP contribution in [0.4, 0.5) is 0 Å². The smallest absolute Gasteiger partial charge is 0.251 e. The van der Waals surface area contributed by atoms with Crippen LogP contribution in [-0.4, -0.2) is 50.1 Å². The van der Waals surface area contributed by atoms with E-state index < -0.39 is 0 Å². The normalized spacial score (nSPS) is 31.4. The molecule has 5 aliphatic rings. The minimum atomic E-state index is -0.124. The monoisotopic (exact) mass is 440 g/mol. The van der Waals surface area contributed by atoms with Crippen LogP contribution in [-0.2, 0) is 4.79 Å². The van der Waals surface area contributed by atoms with E-state index in [1.54, 1.807) is 32.4 Å². The molecule has 2 amide bonds. The molecular weight excluding hydrogens is 404 g/mol. The van der Waals surface area contributed by atoms with Crippen LogP contribution in [0.5, 0.6) is 11.5 Å². The number of nitrogens with zero attached hydrogens (tertiary/aromatic N) is 1. The van der Waals surface area contributed by atoms with Gasteiger partial charge in [-0.05, 0) is 86.7 Å². The average Bonchev–Trinajstić information content (AvgIpc) is 2.77. The first-order chi connectivity index (χ1) is 15.4. The van der Waals surface area contributed by atoms with Gasteiger partial charge in [-0.3, -0.25) is 9.59 Å². The van der Waals surface area contributed by atoms with E-state index in [0.717, 1.165) is 50.1 Å². The van der Waals surface area contributed by atoms with Gasteiger partial charge in [0.1, 0.15) is 11.5 Å². The van der Waals surface area contributed by atoms with Gasteiger partial charge < -0.3 is 19.7 Å². The van der Waals surface area contributed by atoms with E-state index in [1.807, 2.05) is 0 Å². The van der Waals surface area contributed by atoms with E-state index in [2.05, 4.69) is 10.2 Å². The number of carbonyl (C=O) groups is 2. The summed E-state index contributed by atoms with van der Waals surface area (Å²) in [7, 11) is 3.15. The van der Waals surface area contributed by atoms with E-state index in [1.165, 1.54) is 38.5 Å². The molecule has 0 atom stereocenters. The molecular formula is C26H36N2O4. The Balaban J connectivity index is 1.14. The third-order valence-corrected chi connectivity index (χ3v) is 8.49. The van der Waals surface area contributed by atoms with E-state index in [-0.39, 0.29) is 11.9 Å². The fourth-order valence-corrected chi connectivity index (χ4v) is 7.42. The fraction of sp³-hybridized carbons (Fsp3) is 0.692. The van der Waals surface area contributed by atoms with Crippen molar-refractivity contribution in [2.75, 3.05) is 27.3 Å². The van der Waals surface area contributed by atoms with E-state index in [9.17, 15) is 9.59 Å². The zero-order chi connectivity index (χ0) is 22.3. The maximum absolute atomic E-state index is 13.2. The highest BCUT2D eigenvalue weighted by Crippen LogP contribution is 2.61. The molecule has 1 aliphatic heterocycles. The predicted octanol–water partition coefficient (Wildman–Crippen LogP) is 4.03. The molecule has 1 heterocycles. The number of rotatable bonds is 6. The van der Waals surface area contributed by atoms with Crippen LogP contribution in [0.1, 0.15) is 68.1 Å². The number of benzene rings is 1. The Morgan fingerprint density at radius 2 is 1.47 bits per heavy atom. The molecule has 6 nitrogen and oxygen atoms in total. The van der Waals surface area contributed by atoms with Crippen molar-refractivity contribution in [1.82, 2.24) is 10.2 Å². The summed E-state index contributed by atoms with van der Waals surface area (Å²) in [6.45, 7) is 1.47. The summed E-state index contributed by atoms with van der Waals surface area (Å²) in [5.74, 6) is 4.05. The molecule has 5 fully saturated rings. The Morgan fingerprint density at radius 1 is 0.938 bits per heavy atom. The Labute approximate surface area is 191 Å². The number of hydrogen-bond acceptors (Lipinski definition) is 4. The third-order valence-electron chi connectivity index (χ3n) is 8.49. The molecule has 0 unspecified atom stereocenters. The molecule has 174 valence electrons. The Morgan fingerprint density at radius 3 is 1.97 bits per heavy atom. The summed E-state index contributed by atoms with van der Waals surface area (Å²) >= 11 is 0. The van der Waals surface area contributed by atoms with Crippen molar-refractivity contribution in [3.63, 3.8) is 0 Å². The number of ether oxygens (including phenoxy) is 2. The maximum atomic E-state index is 13.2. The fourth-order valence-electron chi connectivity index (χ4n) is 7.42. The summed E-state index contributed by atoms with van der Waals surface area (Å²) in [4.78, 5) is 28.0. The second kappa shape index (κ2) is 8.60. The van der Waals surface area contributed by atoms with Gasteiger partial charge in [0.05, 0.1) is 14.2 Å². The molecule has 4 saturated carbocycles. The highest BCUT2D eigenvalue weighted by atomic mass is 16.5. The van der Waals surface area contributed by atoms with Crippen molar-refractivity contribution in [1.29, 1.82) is 0 Å². The van der Waals surface area contributed by atoms with Crippen molar-refractivity contribution < 1.29 is 19.1 Å². The van der Waals surface area contributed by atoms with E-state index >= 15 is 0 Å². The second-order valence-electron chi connectivity index (χ2n) is 10.8. The average molecular weight is 441 g/mol. The summed E-state index contributed by atoms with van der Waals surface area (Å²) in [6, 6.07) is 5.29. The van der Waals surface area contributed by atoms with Gasteiger partial charge in [-0.25, -0.2) is 0 Å². The summed E-state index contributed by atoms with van der Waals surface area (Å²) in [5.41, 5.74) is 0.823. The molecule has 0 radical (unpaired) electrons. The van der Waals surface area contributed by atoms with Crippen molar-refractivity contribution in [3.05, 3.63) is 23.8 Å². The molecule has 6 rings (SSSR count). The number of methoxy groups -OCH3 is 2. The van der Waals surface area contributed by atoms with Crippen LogP contribution in [0.2, 0.25) is 0 Å². The number of carbonyl (C=O) groups excluding carboxylic acids is 2. The number of nitrogens with one attached hydrogen (secondary N) is 1. The zero-order valence-corrected chi connectivity index (χ0v) is 19.4. The Bertz CT molecular complexity index is 817. The van der Waals surface area contributed by atoms with Gasteiger partial charge >= 0.3 is 0 Å². The van der Waals surface area contributed by atoms with Crippen LogP contribution >= 0.6 is 0 Å². The van der Waals surface area contributed by atoms with Gasteiger partial charge in [0.2, 0.25) is 5.91 Å². The lowest BCUT2D eigenvalue weighted by atomic mass is 9.49. The molecule has 1 saturated heterocycles. The molecule has 1 aromatic rings. The molecule has 0 aromatic heterocycles. The SMILES string of the molecule is COc1cc(OC)cc(C(=O)NC2CCN(C(=O)CC34CC5CC(CC(C5)C3)C4)CC2)c1. The summed E-state index contributed by atoms with van der Waals surface area (Å²) in [5, 5.41) is 3.14. The molecule has 0 spiro atoms. The second-order valence-corrected chi connectivity index (χ2v) is 10.8. The van der Waals surface area contributed by atoms with Crippen LogP contribution in [0.15, 0.2) is 18.2 Å². The molecule has 32 heavy (non-hydrogen) atoms. The number of piperidine rings is 1. The molecule has 1 N–H and O–H groups in total. The van der Waals surface area contributed by atoms with Crippen LogP contribution < -0.4 is 14.8 Å². The van der Waals surface area contributed by atoms with Crippen molar-refractivity contribution in [2.45, 2.75) is 63.8 Å². The molecule has 4 bridgehead atoms. The van der Waals surface area contributed by atoms with Gasteiger partial charge in [0.15, 0.2) is 0 Å². The zero-order valence-electron chi connectivity index (χ0n) is 19.4. The van der Waals surface area contributed by atoms with Crippen molar-refractivity contribution in [2.24, 2.45) is 23.2 Å². The number of likely N-dealkylation sites (tertiary alicyclic amines) is 1. The predicted molar refractivity (Wildman–Crippen MR) is 122 cm³/mol. The molecule has 1 aromatic carbocycles. The lowest BCUT2D eigenvalue weighted by molar-refractivity contribution is -0.140. The topological polar surface area (TPSA) is 67.9 Å². The van der Waals surface area contributed by atoms with Crippen molar-refractivity contribution >= 4 is 11.8 Å². The first-order valence-electron chi connectivity index (χ1n) is 12.3. The largest absolute Gasteiger partial charge is 0.497 e. The van der Waals surface area contributed by atoms with Gasteiger partial charge in [0.25, 0.3) is 5.91 Å². The quantitative estimate of drug-likeness (QED) is 0.725. The van der Waals surface area contributed by atoms with E-state index in [4.69, 9.17) is 9.47 Å². The summed E-state index contributed by atoms with van der Waals surface area (Å²) in [6.07, 6.45) is 10.4. The first-order valence-corrected chi connectivity index (χ1v) is 12.3. The van der Waals surface area contributed by atoms with Gasteiger partial charge in [-0.1, -0.05) is 0 Å². The Hall–Kier alpha value is -2.24.